The SMILES string of the molecule is COc1cc(C(C)C)c(Sc2cnc(N)nc2N)cc1S(C)(=O)=O. The molecule has 1 aromatic carbocycles. The molecule has 0 spiro atoms. The average molecular weight is 368 g/mol. The van der Waals surface area contributed by atoms with Gasteiger partial charge in [-0.3, -0.25) is 0 Å². The van der Waals surface area contributed by atoms with Crippen LogP contribution in [-0.2, 0) is 9.84 Å². The molecule has 0 aliphatic carbocycles. The summed E-state index contributed by atoms with van der Waals surface area (Å²) in [7, 11) is -1.99. The molecule has 4 N–H and O–H groups in total. The van der Waals surface area contributed by atoms with Gasteiger partial charge >= 0.3 is 0 Å². The van der Waals surface area contributed by atoms with Crippen molar-refractivity contribution < 1.29 is 13.2 Å². The number of aromatic nitrogens is 2. The number of hydrogen-bond acceptors (Lipinski definition) is 8. The number of nitrogen functional groups attached to an aromatic ring is 2. The summed E-state index contributed by atoms with van der Waals surface area (Å²) in [6, 6.07) is 3.35. The average Bonchev–Trinajstić information content (AvgIpc) is 2.48. The van der Waals surface area contributed by atoms with Crippen molar-refractivity contribution in [2.75, 3.05) is 24.8 Å². The molecular formula is C15H20N4O3S2. The van der Waals surface area contributed by atoms with E-state index >= 15 is 0 Å². The van der Waals surface area contributed by atoms with E-state index in [-0.39, 0.29) is 22.6 Å². The van der Waals surface area contributed by atoms with E-state index < -0.39 is 9.84 Å². The third kappa shape index (κ3) is 3.90. The molecular weight excluding hydrogens is 348 g/mol. The molecule has 7 nitrogen and oxygen atoms in total. The first kappa shape index (κ1) is 18.3. The van der Waals surface area contributed by atoms with Crippen molar-refractivity contribution in [1.82, 2.24) is 9.97 Å². The minimum Gasteiger partial charge on any atom is -0.495 e. The predicted octanol–water partition coefficient (Wildman–Crippen LogP) is 2.33. The fraction of sp³-hybridized carbons (Fsp3) is 0.333. The smallest absolute Gasteiger partial charge is 0.221 e. The second kappa shape index (κ2) is 6.86. The number of hydrogen-bond donors (Lipinski definition) is 2. The molecule has 2 rings (SSSR count). The Morgan fingerprint density at radius 2 is 1.88 bits per heavy atom. The maximum Gasteiger partial charge on any atom is 0.221 e. The molecule has 0 atom stereocenters. The Balaban J connectivity index is 2.62. The molecule has 0 aliphatic heterocycles. The van der Waals surface area contributed by atoms with Gasteiger partial charge in [0.1, 0.15) is 16.5 Å². The summed E-state index contributed by atoms with van der Waals surface area (Å²) in [5.41, 5.74) is 12.3. The number of rotatable bonds is 5. The lowest BCUT2D eigenvalue weighted by molar-refractivity contribution is 0.401. The highest BCUT2D eigenvalue weighted by molar-refractivity contribution is 7.99. The lowest BCUT2D eigenvalue weighted by Crippen LogP contribution is -2.04. The van der Waals surface area contributed by atoms with E-state index in [1.807, 2.05) is 13.8 Å². The Hall–Kier alpha value is -2.00. The van der Waals surface area contributed by atoms with E-state index in [4.69, 9.17) is 16.2 Å². The molecule has 130 valence electrons. The molecule has 0 amide bonds. The highest BCUT2D eigenvalue weighted by Gasteiger charge is 2.20. The summed E-state index contributed by atoms with van der Waals surface area (Å²) in [6.07, 6.45) is 2.67. The third-order valence-electron chi connectivity index (χ3n) is 3.34. The van der Waals surface area contributed by atoms with Crippen molar-refractivity contribution in [3.05, 3.63) is 23.9 Å². The van der Waals surface area contributed by atoms with Gasteiger partial charge in [0, 0.05) is 17.3 Å². The molecule has 0 saturated carbocycles. The fourth-order valence-electron chi connectivity index (χ4n) is 2.14. The maximum atomic E-state index is 12.1. The van der Waals surface area contributed by atoms with E-state index in [1.54, 1.807) is 12.1 Å². The number of nitrogens with zero attached hydrogens (tertiary/aromatic N) is 2. The first-order valence-corrected chi connectivity index (χ1v) is 9.82. The Labute approximate surface area is 145 Å². The van der Waals surface area contributed by atoms with E-state index in [9.17, 15) is 8.42 Å². The molecule has 0 saturated heterocycles. The number of methoxy groups -OCH3 is 1. The summed E-state index contributed by atoms with van der Waals surface area (Å²) in [4.78, 5) is 9.36. The van der Waals surface area contributed by atoms with Gasteiger partial charge in [-0.05, 0) is 23.6 Å². The standard InChI is InChI=1S/C15H20N4O3S2/c1-8(2)9-5-10(22-3)13(24(4,20)21)6-11(9)23-12-7-18-15(17)19-14(12)16/h5-8H,1-4H3,(H4,16,17,18,19). The van der Waals surface area contributed by atoms with Gasteiger partial charge in [0.05, 0.1) is 12.0 Å². The van der Waals surface area contributed by atoms with Crippen LogP contribution < -0.4 is 16.2 Å². The summed E-state index contributed by atoms with van der Waals surface area (Å²) in [5, 5.41) is 0. The first-order chi connectivity index (χ1) is 11.1. The van der Waals surface area contributed by atoms with Crippen LogP contribution in [0.25, 0.3) is 0 Å². The number of ether oxygens (including phenoxy) is 1. The van der Waals surface area contributed by atoms with Crippen molar-refractivity contribution >= 4 is 33.4 Å². The normalized spacial score (nSPS) is 11.7. The first-order valence-electron chi connectivity index (χ1n) is 7.11. The van der Waals surface area contributed by atoms with Crippen LogP contribution in [0.5, 0.6) is 5.75 Å². The molecule has 0 fully saturated rings. The summed E-state index contributed by atoms with van der Waals surface area (Å²) < 4.78 is 29.4. The van der Waals surface area contributed by atoms with Crippen molar-refractivity contribution in [2.45, 2.75) is 34.5 Å². The van der Waals surface area contributed by atoms with Crippen LogP contribution in [0.3, 0.4) is 0 Å². The number of anilines is 2. The van der Waals surface area contributed by atoms with E-state index in [2.05, 4.69) is 9.97 Å². The van der Waals surface area contributed by atoms with Crippen LogP contribution in [0.15, 0.2) is 33.0 Å². The molecule has 1 aromatic heterocycles. The number of benzene rings is 1. The monoisotopic (exact) mass is 368 g/mol. The van der Waals surface area contributed by atoms with Gasteiger partial charge < -0.3 is 16.2 Å². The van der Waals surface area contributed by atoms with Crippen LogP contribution in [0.4, 0.5) is 11.8 Å². The zero-order valence-electron chi connectivity index (χ0n) is 13.9. The van der Waals surface area contributed by atoms with E-state index in [0.29, 0.717) is 10.6 Å². The second-order valence-corrected chi connectivity index (χ2v) is 8.62. The van der Waals surface area contributed by atoms with Crippen molar-refractivity contribution in [3.63, 3.8) is 0 Å². The Bertz CT molecular complexity index is 867. The van der Waals surface area contributed by atoms with Gasteiger partial charge in [-0.15, -0.1) is 0 Å². The fourth-order valence-corrected chi connectivity index (χ4v) is 4.14. The lowest BCUT2D eigenvalue weighted by Gasteiger charge is -2.17. The summed E-state index contributed by atoms with van der Waals surface area (Å²) in [5.74, 6) is 0.824. The van der Waals surface area contributed by atoms with Gasteiger partial charge in [0.2, 0.25) is 5.95 Å². The Morgan fingerprint density at radius 3 is 2.38 bits per heavy atom. The van der Waals surface area contributed by atoms with Crippen LogP contribution in [0.2, 0.25) is 0 Å². The quantitative estimate of drug-likeness (QED) is 0.824. The van der Waals surface area contributed by atoms with Crippen LogP contribution in [0, 0.1) is 0 Å². The topological polar surface area (TPSA) is 121 Å². The number of sulfone groups is 1. The Morgan fingerprint density at radius 1 is 1.21 bits per heavy atom. The molecule has 0 radical (unpaired) electrons. The Kier molecular flexibility index (Phi) is 5.24. The predicted molar refractivity (Wildman–Crippen MR) is 95.2 cm³/mol. The van der Waals surface area contributed by atoms with Gasteiger partial charge in [0.15, 0.2) is 9.84 Å². The van der Waals surface area contributed by atoms with E-state index in [0.717, 1.165) is 16.7 Å². The molecule has 0 aliphatic rings. The molecule has 2 aromatic rings. The highest BCUT2D eigenvalue weighted by atomic mass is 32.2. The summed E-state index contributed by atoms with van der Waals surface area (Å²) in [6.45, 7) is 4.03. The highest BCUT2D eigenvalue weighted by Crippen LogP contribution is 2.40. The zero-order chi connectivity index (χ0) is 18.1. The molecule has 0 bridgehead atoms. The van der Waals surface area contributed by atoms with Crippen molar-refractivity contribution in [2.24, 2.45) is 0 Å². The van der Waals surface area contributed by atoms with Crippen LogP contribution >= 0.6 is 11.8 Å². The lowest BCUT2D eigenvalue weighted by atomic mass is 10.0. The largest absolute Gasteiger partial charge is 0.495 e. The zero-order valence-corrected chi connectivity index (χ0v) is 15.5. The maximum absolute atomic E-state index is 12.1. The number of nitrogens with two attached hydrogens (primary N) is 2. The van der Waals surface area contributed by atoms with Crippen molar-refractivity contribution in [3.8, 4) is 5.75 Å². The molecule has 9 heteroatoms. The van der Waals surface area contributed by atoms with Crippen LogP contribution in [0.1, 0.15) is 25.3 Å². The second-order valence-electron chi connectivity index (χ2n) is 5.55. The molecule has 1 heterocycles. The van der Waals surface area contributed by atoms with E-state index in [1.165, 1.54) is 25.1 Å². The summed E-state index contributed by atoms with van der Waals surface area (Å²) >= 11 is 1.30. The minimum absolute atomic E-state index is 0.0903. The van der Waals surface area contributed by atoms with Crippen LogP contribution in [-0.4, -0.2) is 31.8 Å². The minimum atomic E-state index is -3.44. The molecule has 0 unspecified atom stereocenters. The van der Waals surface area contributed by atoms with Crippen molar-refractivity contribution in [1.29, 1.82) is 0 Å². The van der Waals surface area contributed by atoms with Gasteiger partial charge in [-0.1, -0.05) is 25.6 Å². The molecule has 24 heavy (non-hydrogen) atoms. The third-order valence-corrected chi connectivity index (χ3v) is 5.56. The van der Waals surface area contributed by atoms with Gasteiger partial charge in [0.25, 0.3) is 0 Å². The van der Waals surface area contributed by atoms with Gasteiger partial charge in [-0.2, -0.15) is 4.98 Å². The van der Waals surface area contributed by atoms with Gasteiger partial charge in [-0.25, -0.2) is 13.4 Å².